The Morgan fingerprint density at radius 3 is 2.00 bits per heavy atom. The molecule has 1 aromatic carbocycles. The lowest BCUT2D eigenvalue weighted by molar-refractivity contribution is 0.551. The molecule has 0 bridgehead atoms. The zero-order valence-corrected chi connectivity index (χ0v) is 14.4. The molecule has 0 amide bonds. The highest BCUT2D eigenvalue weighted by Gasteiger charge is 2.02. The molecule has 114 valence electrons. The van der Waals surface area contributed by atoms with E-state index >= 15 is 0 Å². The third-order valence-electron chi connectivity index (χ3n) is 3.81. The predicted molar refractivity (Wildman–Crippen MR) is 89.6 cm³/mol. The molecule has 0 saturated carbocycles. The molecule has 1 rings (SSSR count). The van der Waals surface area contributed by atoms with Crippen LogP contribution in [0.1, 0.15) is 76.7 Å². The monoisotopic (exact) mass is 342 g/mol. The normalized spacial score (nSPS) is 10.9. The van der Waals surface area contributed by atoms with Gasteiger partial charge in [-0.15, -0.1) is 0 Å². The van der Waals surface area contributed by atoms with Gasteiger partial charge in [-0.05, 0) is 36.6 Å². The zero-order chi connectivity index (χ0) is 14.6. The van der Waals surface area contributed by atoms with E-state index in [9.17, 15) is 4.39 Å². The number of hydrogen-bond acceptors (Lipinski definition) is 0. The summed E-state index contributed by atoms with van der Waals surface area (Å²) in [5, 5.41) is 0. The zero-order valence-electron chi connectivity index (χ0n) is 12.8. The molecule has 0 aliphatic heterocycles. The van der Waals surface area contributed by atoms with Crippen LogP contribution in [0, 0.1) is 5.82 Å². The second-order valence-electron chi connectivity index (χ2n) is 5.67. The lowest BCUT2D eigenvalue weighted by Crippen LogP contribution is -1.91. The maximum Gasteiger partial charge on any atom is 0.126 e. The maximum absolute atomic E-state index is 13.5. The topological polar surface area (TPSA) is 0 Å². The Kier molecular flexibility index (Phi) is 10.00. The van der Waals surface area contributed by atoms with Gasteiger partial charge in [0, 0.05) is 4.47 Å². The van der Waals surface area contributed by atoms with Crippen molar-refractivity contribution in [1.82, 2.24) is 0 Å². The minimum absolute atomic E-state index is 0.0656. The molecule has 0 N–H and O–H groups in total. The van der Waals surface area contributed by atoms with Crippen LogP contribution in [0.5, 0.6) is 0 Å². The third kappa shape index (κ3) is 8.04. The van der Waals surface area contributed by atoms with Gasteiger partial charge in [0.2, 0.25) is 0 Å². The van der Waals surface area contributed by atoms with E-state index in [0.717, 1.165) is 22.9 Å². The standard InChI is InChI=1S/C18H28BrF/c1-2-3-4-5-6-7-8-9-10-11-12-16-15-17(19)13-14-18(16)20/h13-15H,2-12H2,1H3. The molecule has 0 nitrogen and oxygen atoms in total. The Morgan fingerprint density at radius 1 is 0.850 bits per heavy atom. The largest absolute Gasteiger partial charge is 0.207 e. The Labute approximate surface area is 132 Å². The number of unbranched alkanes of at least 4 members (excludes halogenated alkanes) is 9. The molecule has 20 heavy (non-hydrogen) atoms. The molecule has 0 aliphatic rings. The van der Waals surface area contributed by atoms with Gasteiger partial charge in [0.15, 0.2) is 0 Å². The Bertz CT molecular complexity index is 362. The van der Waals surface area contributed by atoms with Gasteiger partial charge in [-0.3, -0.25) is 0 Å². The minimum atomic E-state index is -0.0656. The van der Waals surface area contributed by atoms with Crippen LogP contribution in [0.3, 0.4) is 0 Å². The van der Waals surface area contributed by atoms with Crippen molar-refractivity contribution >= 4 is 15.9 Å². The molecule has 1 aromatic rings. The Morgan fingerprint density at radius 2 is 1.40 bits per heavy atom. The van der Waals surface area contributed by atoms with Crippen molar-refractivity contribution in [3.05, 3.63) is 34.1 Å². The fourth-order valence-corrected chi connectivity index (χ4v) is 2.95. The average molecular weight is 343 g/mol. The average Bonchev–Trinajstić information content (AvgIpc) is 2.44. The van der Waals surface area contributed by atoms with Gasteiger partial charge < -0.3 is 0 Å². The molecule has 0 fully saturated rings. The van der Waals surface area contributed by atoms with Gasteiger partial charge in [-0.2, -0.15) is 0 Å². The molecular formula is C18H28BrF. The number of benzene rings is 1. The van der Waals surface area contributed by atoms with Crippen LogP contribution in [-0.4, -0.2) is 0 Å². The number of halogens is 2. The molecule has 0 unspecified atom stereocenters. The summed E-state index contributed by atoms with van der Waals surface area (Å²) in [6.45, 7) is 2.26. The lowest BCUT2D eigenvalue weighted by atomic mass is 10.0. The van der Waals surface area contributed by atoms with E-state index in [1.807, 2.05) is 6.07 Å². The summed E-state index contributed by atoms with van der Waals surface area (Å²) in [6.07, 6.45) is 14.1. The van der Waals surface area contributed by atoms with Crippen molar-refractivity contribution in [2.45, 2.75) is 77.6 Å². The molecule has 0 heterocycles. The first-order chi connectivity index (χ1) is 9.74. The van der Waals surface area contributed by atoms with Gasteiger partial charge in [-0.25, -0.2) is 4.39 Å². The van der Waals surface area contributed by atoms with Crippen molar-refractivity contribution in [2.75, 3.05) is 0 Å². The van der Waals surface area contributed by atoms with Crippen LogP contribution >= 0.6 is 15.9 Å². The van der Waals surface area contributed by atoms with Crippen LogP contribution in [-0.2, 0) is 6.42 Å². The van der Waals surface area contributed by atoms with Crippen molar-refractivity contribution in [3.63, 3.8) is 0 Å². The van der Waals surface area contributed by atoms with E-state index in [2.05, 4.69) is 22.9 Å². The van der Waals surface area contributed by atoms with E-state index < -0.39 is 0 Å². The van der Waals surface area contributed by atoms with Crippen LogP contribution in [0.4, 0.5) is 4.39 Å². The Hall–Kier alpha value is -0.370. The van der Waals surface area contributed by atoms with E-state index in [-0.39, 0.29) is 5.82 Å². The van der Waals surface area contributed by atoms with Crippen LogP contribution < -0.4 is 0 Å². The van der Waals surface area contributed by atoms with E-state index in [1.165, 1.54) is 57.8 Å². The van der Waals surface area contributed by atoms with E-state index in [0.29, 0.717) is 0 Å². The first kappa shape index (κ1) is 17.7. The van der Waals surface area contributed by atoms with Crippen LogP contribution in [0.2, 0.25) is 0 Å². The first-order valence-electron chi connectivity index (χ1n) is 8.18. The molecule has 0 atom stereocenters. The summed E-state index contributed by atoms with van der Waals surface area (Å²) in [4.78, 5) is 0. The van der Waals surface area contributed by atoms with Gasteiger partial charge in [-0.1, -0.05) is 80.6 Å². The third-order valence-corrected chi connectivity index (χ3v) is 4.30. The quantitative estimate of drug-likeness (QED) is 0.378. The van der Waals surface area contributed by atoms with Gasteiger partial charge in [0.05, 0.1) is 0 Å². The number of rotatable bonds is 11. The molecular weight excluding hydrogens is 315 g/mol. The lowest BCUT2D eigenvalue weighted by Gasteiger charge is -2.05. The number of aryl methyl sites for hydroxylation is 1. The van der Waals surface area contributed by atoms with Gasteiger partial charge in [0.1, 0.15) is 5.82 Å². The second kappa shape index (κ2) is 11.3. The molecule has 0 saturated heterocycles. The highest BCUT2D eigenvalue weighted by atomic mass is 79.9. The summed E-state index contributed by atoms with van der Waals surface area (Å²) < 4.78 is 14.5. The fourth-order valence-electron chi connectivity index (χ4n) is 2.54. The van der Waals surface area contributed by atoms with Crippen LogP contribution in [0.25, 0.3) is 0 Å². The van der Waals surface area contributed by atoms with Crippen LogP contribution in [0.15, 0.2) is 22.7 Å². The van der Waals surface area contributed by atoms with E-state index in [1.54, 1.807) is 12.1 Å². The van der Waals surface area contributed by atoms with Crippen molar-refractivity contribution in [2.24, 2.45) is 0 Å². The highest BCUT2D eigenvalue weighted by Crippen LogP contribution is 2.18. The van der Waals surface area contributed by atoms with Gasteiger partial charge >= 0.3 is 0 Å². The predicted octanol–water partition coefficient (Wildman–Crippen LogP) is 7.05. The molecule has 0 spiro atoms. The SMILES string of the molecule is CCCCCCCCCCCCc1cc(Br)ccc1F. The molecule has 0 aromatic heterocycles. The van der Waals surface area contributed by atoms with Crippen molar-refractivity contribution < 1.29 is 4.39 Å². The summed E-state index contributed by atoms with van der Waals surface area (Å²) >= 11 is 3.40. The Balaban J connectivity index is 1.98. The fraction of sp³-hybridized carbons (Fsp3) is 0.667. The smallest absolute Gasteiger partial charge is 0.126 e. The summed E-state index contributed by atoms with van der Waals surface area (Å²) in [5.41, 5.74) is 0.846. The summed E-state index contributed by atoms with van der Waals surface area (Å²) in [5.74, 6) is -0.0656. The summed E-state index contributed by atoms with van der Waals surface area (Å²) in [6, 6.07) is 5.22. The van der Waals surface area contributed by atoms with Crippen molar-refractivity contribution in [1.29, 1.82) is 0 Å². The first-order valence-corrected chi connectivity index (χ1v) is 8.97. The number of hydrogen-bond donors (Lipinski definition) is 0. The minimum Gasteiger partial charge on any atom is -0.207 e. The summed E-state index contributed by atoms with van der Waals surface area (Å²) in [7, 11) is 0. The van der Waals surface area contributed by atoms with E-state index in [4.69, 9.17) is 0 Å². The second-order valence-corrected chi connectivity index (χ2v) is 6.58. The van der Waals surface area contributed by atoms with Gasteiger partial charge in [0.25, 0.3) is 0 Å². The molecule has 0 aliphatic carbocycles. The highest BCUT2D eigenvalue weighted by molar-refractivity contribution is 9.10. The van der Waals surface area contributed by atoms with Crippen molar-refractivity contribution in [3.8, 4) is 0 Å². The molecule has 2 heteroatoms. The molecule has 0 radical (unpaired) electrons. The maximum atomic E-state index is 13.5.